The van der Waals surface area contributed by atoms with Gasteiger partial charge in [0.1, 0.15) is 11.4 Å². The van der Waals surface area contributed by atoms with Gasteiger partial charge in [-0.3, -0.25) is 24.7 Å². The fourth-order valence-electron chi connectivity index (χ4n) is 4.11. The van der Waals surface area contributed by atoms with Gasteiger partial charge in [-0.15, -0.1) is 0 Å². The first-order valence-electron chi connectivity index (χ1n) is 11.6. The standard InChI is InChI=1S/C26H27N5O5/c1-18(22-8-3-4-11-27-22)28-23-10-9-20(17-24(23)31(34)35)26(33)30-14-12-29(13-15-30)25(32)19-6-5-7-21(16-19)36-2/h3-11,16-18,28H,12-15H2,1-2H3. The Morgan fingerprint density at radius 3 is 2.22 bits per heavy atom. The summed E-state index contributed by atoms with van der Waals surface area (Å²) in [5.74, 6) is 0.161. The lowest BCUT2D eigenvalue weighted by molar-refractivity contribution is -0.384. The highest BCUT2D eigenvalue weighted by molar-refractivity contribution is 5.97. The number of nitrogens with one attached hydrogen (secondary N) is 1. The number of rotatable bonds is 7. The van der Waals surface area contributed by atoms with Crippen molar-refractivity contribution in [2.75, 3.05) is 38.6 Å². The van der Waals surface area contributed by atoms with Crippen molar-refractivity contribution in [3.63, 3.8) is 0 Å². The third kappa shape index (κ3) is 5.43. The van der Waals surface area contributed by atoms with Gasteiger partial charge in [-0.1, -0.05) is 12.1 Å². The molecule has 186 valence electrons. The van der Waals surface area contributed by atoms with Crippen LogP contribution in [0.1, 0.15) is 39.4 Å². The van der Waals surface area contributed by atoms with E-state index in [0.717, 1.165) is 5.69 Å². The summed E-state index contributed by atoms with van der Waals surface area (Å²) in [6, 6.07) is 16.6. The van der Waals surface area contributed by atoms with Crippen molar-refractivity contribution in [1.29, 1.82) is 0 Å². The zero-order valence-corrected chi connectivity index (χ0v) is 20.1. The molecule has 2 heterocycles. The monoisotopic (exact) mass is 489 g/mol. The Bertz CT molecular complexity index is 1260. The van der Waals surface area contributed by atoms with Crippen molar-refractivity contribution < 1.29 is 19.2 Å². The van der Waals surface area contributed by atoms with Crippen LogP contribution in [0.3, 0.4) is 0 Å². The highest BCUT2D eigenvalue weighted by Crippen LogP contribution is 2.29. The molecule has 1 unspecified atom stereocenters. The van der Waals surface area contributed by atoms with Gasteiger partial charge in [0.25, 0.3) is 17.5 Å². The van der Waals surface area contributed by atoms with E-state index in [0.29, 0.717) is 43.2 Å². The van der Waals surface area contributed by atoms with Crippen molar-refractivity contribution in [3.8, 4) is 5.75 Å². The molecule has 1 N–H and O–H groups in total. The van der Waals surface area contributed by atoms with Gasteiger partial charge in [0, 0.05) is 49.6 Å². The van der Waals surface area contributed by atoms with E-state index in [1.165, 1.54) is 6.07 Å². The molecule has 4 rings (SSSR count). The van der Waals surface area contributed by atoms with Crippen LogP contribution < -0.4 is 10.1 Å². The Hall–Kier alpha value is -4.47. The van der Waals surface area contributed by atoms with Gasteiger partial charge < -0.3 is 19.9 Å². The maximum absolute atomic E-state index is 13.1. The first kappa shape index (κ1) is 24.6. The number of nitro benzene ring substituents is 1. The minimum Gasteiger partial charge on any atom is -0.497 e. The molecule has 1 saturated heterocycles. The number of piperazine rings is 1. The molecule has 2 aromatic carbocycles. The third-order valence-corrected chi connectivity index (χ3v) is 6.12. The smallest absolute Gasteiger partial charge is 0.293 e. The number of pyridine rings is 1. The normalized spacial score (nSPS) is 14.2. The maximum Gasteiger partial charge on any atom is 0.293 e. The van der Waals surface area contributed by atoms with Crippen molar-refractivity contribution >= 4 is 23.2 Å². The van der Waals surface area contributed by atoms with Crippen LogP contribution in [0, 0.1) is 10.1 Å². The number of amides is 2. The molecule has 2 amide bonds. The number of methoxy groups -OCH3 is 1. The fraction of sp³-hybridized carbons (Fsp3) is 0.269. The van der Waals surface area contributed by atoms with E-state index in [9.17, 15) is 19.7 Å². The van der Waals surface area contributed by atoms with Crippen LogP contribution in [0.5, 0.6) is 5.75 Å². The second-order valence-electron chi connectivity index (χ2n) is 8.43. The second-order valence-corrected chi connectivity index (χ2v) is 8.43. The Kier molecular flexibility index (Phi) is 7.43. The quantitative estimate of drug-likeness (QED) is 0.396. The van der Waals surface area contributed by atoms with Crippen LogP contribution in [0.2, 0.25) is 0 Å². The van der Waals surface area contributed by atoms with Crippen molar-refractivity contribution in [2.45, 2.75) is 13.0 Å². The molecule has 36 heavy (non-hydrogen) atoms. The minimum absolute atomic E-state index is 0.130. The molecule has 1 aliphatic heterocycles. The summed E-state index contributed by atoms with van der Waals surface area (Å²) in [6.45, 7) is 3.26. The average Bonchev–Trinajstić information content (AvgIpc) is 2.93. The number of carbonyl (C=O) groups excluding carboxylic acids is 2. The van der Waals surface area contributed by atoms with Crippen molar-refractivity contribution in [2.24, 2.45) is 0 Å². The van der Waals surface area contributed by atoms with Crippen molar-refractivity contribution in [1.82, 2.24) is 14.8 Å². The highest BCUT2D eigenvalue weighted by atomic mass is 16.6. The number of carbonyl (C=O) groups is 2. The zero-order valence-electron chi connectivity index (χ0n) is 20.1. The molecule has 0 aliphatic carbocycles. The van der Waals surface area contributed by atoms with E-state index in [4.69, 9.17) is 4.74 Å². The maximum atomic E-state index is 13.1. The summed E-state index contributed by atoms with van der Waals surface area (Å²) in [7, 11) is 1.54. The van der Waals surface area contributed by atoms with Gasteiger partial charge in [-0.05, 0) is 49.4 Å². The predicted octanol–water partition coefficient (Wildman–Crippen LogP) is 3.77. The van der Waals surface area contributed by atoms with E-state index >= 15 is 0 Å². The molecular weight excluding hydrogens is 462 g/mol. The van der Waals surface area contributed by atoms with Gasteiger partial charge in [-0.2, -0.15) is 0 Å². The molecular formula is C26H27N5O5. The van der Waals surface area contributed by atoms with Gasteiger partial charge in [0.05, 0.1) is 23.8 Å². The Balaban J connectivity index is 1.43. The van der Waals surface area contributed by atoms with Gasteiger partial charge in [0.15, 0.2) is 0 Å². The summed E-state index contributed by atoms with van der Waals surface area (Å²) < 4.78 is 5.19. The lowest BCUT2D eigenvalue weighted by atomic mass is 10.1. The number of ether oxygens (including phenoxy) is 1. The van der Waals surface area contributed by atoms with Crippen LogP contribution in [0.25, 0.3) is 0 Å². The van der Waals surface area contributed by atoms with E-state index in [2.05, 4.69) is 10.3 Å². The van der Waals surface area contributed by atoms with Crippen molar-refractivity contribution in [3.05, 3.63) is 93.8 Å². The summed E-state index contributed by atoms with van der Waals surface area (Å²) in [4.78, 5) is 44.8. The Morgan fingerprint density at radius 2 is 1.64 bits per heavy atom. The molecule has 1 aliphatic rings. The molecule has 0 saturated carbocycles. The number of hydrogen-bond acceptors (Lipinski definition) is 7. The molecule has 1 aromatic heterocycles. The van der Waals surface area contributed by atoms with E-state index in [-0.39, 0.29) is 29.1 Å². The lowest BCUT2D eigenvalue weighted by Crippen LogP contribution is -2.50. The third-order valence-electron chi connectivity index (χ3n) is 6.12. The number of nitrogens with zero attached hydrogens (tertiary/aromatic N) is 4. The molecule has 0 spiro atoms. The number of anilines is 1. The van der Waals surface area contributed by atoms with Crippen LogP contribution >= 0.6 is 0 Å². The van der Waals surface area contributed by atoms with E-state index < -0.39 is 4.92 Å². The fourth-order valence-corrected chi connectivity index (χ4v) is 4.11. The Labute approximate surface area is 208 Å². The summed E-state index contributed by atoms with van der Waals surface area (Å²) in [5.41, 5.74) is 1.62. The SMILES string of the molecule is COc1cccc(C(=O)N2CCN(C(=O)c3ccc(NC(C)c4ccccn4)c([N+](=O)[O-])c3)CC2)c1. The lowest BCUT2D eigenvalue weighted by Gasteiger charge is -2.35. The van der Waals surface area contributed by atoms with E-state index in [1.807, 2.05) is 19.1 Å². The van der Waals surface area contributed by atoms with Gasteiger partial charge >= 0.3 is 0 Å². The number of benzene rings is 2. The van der Waals surface area contributed by atoms with Gasteiger partial charge in [0.2, 0.25) is 0 Å². The number of aromatic nitrogens is 1. The predicted molar refractivity (Wildman–Crippen MR) is 134 cm³/mol. The molecule has 10 nitrogen and oxygen atoms in total. The average molecular weight is 490 g/mol. The van der Waals surface area contributed by atoms with Crippen LogP contribution in [-0.2, 0) is 0 Å². The molecule has 0 bridgehead atoms. The summed E-state index contributed by atoms with van der Waals surface area (Å²) >= 11 is 0. The zero-order chi connectivity index (χ0) is 25.7. The summed E-state index contributed by atoms with van der Waals surface area (Å²) in [6.07, 6.45) is 1.66. The minimum atomic E-state index is -0.505. The molecule has 1 atom stereocenters. The molecule has 3 aromatic rings. The van der Waals surface area contributed by atoms with Crippen LogP contribution in [0.4, 0.5) is 11.4 Å². The van der Waals surface area contributed by atoms with Crippen LogP contribution in [0.15, 0.2) is 66.9 Å². The Morgan fingerprint density at radius 1 is 0.972 bits per heavy atom. The van der Waals surface area contributed by atoms with Crippen LogP contribution in [-0.4, -0.2) is 64.8 Å². The highest BCUT2D eigenvalue weighted by Gasteiger charge is 2.27. The number of hydrogen-bond donors (Lipinski definition) is 1. The molecule has 10 heteroatoms. The first-order chi connectivity index (χ1) is 17.4. The topological polar surface area (TPSA) is 118 Å². The number of nitro groups is 1. The largest absolute Gasteiger partial charge is 0.497 e. The second kappa shape index (κ2) is 10.9. The first-order valence-corrected chi connectivity index (χ1v) is 11.6. The molecule has 0 radical (unpaired) electrons. The van der Waals surface area contributed by atoms with Gasteiger partial charge in [-0.25, -0.2) is 0 Å². The van der Waals surface area contributed by atoms with E-state index in [1.54, 1.807) is 65.6 Å². The molecule has 1 fully saturated rings. The summed E-state index contributed by atoms with van der Waals surface area (Å²) in [5, 5.41) is 14.9.